The third kappa shape index (κ3) is 3.27. The second-order valence-corrected chi connectivity index (χ2v) is 7.43. The number of hydrogen-bond acceptors (Lipinski definition) is 3. The van der Waals surface area contributed by atoms with E-state index in [0.717, 1.165) is 15.6 Å². The highest BCUT2D eigenvalue weighted by atomic mass is 32.3. The molecule has 2 aromatic rings. The number of carbonyl (C=O) groups is 1. The van der Waals surface area contributed by atoms with Crippen LogP contribution in [0.4, 0.5) is 5.69 Å². The molecule has 1 heterocycles. The number of aryl methyl sites for hydroxylation is 2. The summed E-state index contributed by atoms with van der Waals surface area (Å²) in [6.07, 6.45) is 0. The van der Waals surface area contributed by atoms with Crippen molar-refractivity contribution in [3.63, 3.8) is 0 Å². The number of nitrogens with zero attached hydrogens (tertiary/aromatic N) is 1. The Morgan fingerprint density at radius 2 is 1.95 bits per heavy atom. The fraction of sp³-hybridized carbons (Fsp3) is 0.267. The zero-order valence-electron chi connectivity index (χ0n) is 13.0. The van der Waals surface area contributed by atoms with Crippen LogP contribution in [0.15, 0.2) is 35.2 Å². The number of rotatable bonds is 4. The van der Waals surface area contributed by atoms with Crippen LogP contribution in [-0.4, -0.2) is 33.8 Å². The molecule has 0 aliphatic carbocycles. The Morgan fingerprint density at radius 1 is 1.27 bits per heavy atom. The molecule has 2 N–H and O–H groups in total. The van der Waals surface area contributed by atoms with Crippen LogP contribution in [0.1, 0.15) is 21.7 Å². The van der Waals surface area contributed by atoms with E-state index in [0.29, 0.717) is 11.4 Å². The lowest BCUT2D eigenvalue weighted by atomic mass is 10.2. The van der Waals surface area contributed by atoms with Crippen LogP contribution in [0.5, 0.6) is 0 Å². The molecule has 0 spiro atoms. The fourth-order valence-electron chi connectivity index (χ4n) is 2.10. The van der Waals surface area contributed by atoms with E-state index in [2.05, 4.69) is 10.3 Å². The van der Waals surface area contributed by atoms with E-state index in [1.165, 1.54) is 26.2 Å². The molecule has 0 bridgehead atoms. The molecule has 0 saturated heterocycles. The minimum absolute atomic E-state index is 0.134. The molecule has 7 heteroatoms. The van der Waals surface area contributed by atoms with Gasteiger partial charge in [-0.2, -0.15) is 0 Å². The monoisotopic (exact) mass is 321 g/mol. The third-order valence-corrected chi connectivity index (χ3v) is 5.06. The lowest BCUT2D eigenvalue weighted by Gasteiger charge is -2.20. The van der Waals surface area contributed by atoms with Crippen LogP contribution in [0.2, 0.25) is 0 Å². The molecule has 1 aromatic carbocycles. The molecule has 2 rings (SSSR count). The average Bonchev–Trinajstić information content (AvgIpc) is 2.78. The van der Waals surface area contributed by atoms with E-state index in [4.69, 9.17) is 0 Å². The maximum absolute atomic E-state index is 12.2. The van der Waals surface area contributed by atoms with E-state index in [1.807, 2.05) is 19.9 Å². The van der Waals surface area contributed by atoms with Crippen molar-refractivity contribution in [3.8, 4) is 0 Å². The summed E-state index contributed by atoms with van der Waals surface area (Å²) in [6.45, 7) is 3.71. The van der Waals surface area contributed by atoms with E-state index in [1.54, 1.807) is 12.1 Å². The summed E-state index contributed by atoms with van der Waals surface area (Å²) in [5.74, 6) is -0.301. The molecule has 0 fully saturated rings. The lowest BCUT2D eigenvalue weighted by molar-refractivity contribution is 0.102. The molecule has 1 unspecified atom stereocenters. The molecule has 0 radical (unpaired) electrons. The molecule has 0 saturated carbocycles. The molecule has 1 atom stereocenters. The van der Waals surface area contributed by atoms with Crippen molar-refractivity contribution in [2.75, 3.05) is 19.4 Å². The van der Waals surface area contributed by atoms with Gasteiger partial charge in [0, 0.05) is 31.5 Å². The Balaban J connectivity index is 2.26. The number of carbonyl (C=O) groups excluding carboxylic acids is 1. The third-order valence-electron chi connectivity index (χ3n) is 3.25. The second-order valence-electron chi connectivity index (χ2n) is 5.28. The van der Waals surface area contributed by atoms with E-state index in [9.17, 15) is 13.6 Å². The molecule has 6 nitrogen and oxygen atoms in total. The number of amides is 1. The van der Waals surface area contributed by atoms with Crippen molar-refractivity contribution in [2.45, 2.75) is 18.7 Å². The highest BCUT2D eigenvalue weighted by Crippen LogP contribution is 2.22. The Morgan fingerprint density at radius 3 is 2.50 bits per heavy atom. The maximum atomic E-state index is 12.2. The number of H-pyrrole nitrogens is 1. The topological polar surface area (TPSA) is 88.3 Å². The van der Waals surface area contributed by atoms with Crippen molar-refractivity contribution in [1.82, 2.24) is 9.29 Å². The molecular formula is C15H19N3O3S. The normalized spacial score (nSPS) is 13.9. The number of aromatic amines is 1. The Hall–Kier alpha value is -1.96. The second kappa shape index (κ2) is 6.04. The molecular weight excluding hydrogens is 302 g/mol. The van der Waals surface area contributed by atoms with Crippen molar-refractivity contribution < 1.29 is 13.6 Å². The van der Waals surface area contributed by atoms with Gasteiger partial charge < -0.3 is 14.9 Å². The van der Waals surface area contributed by atoms with Crippen LogP contribution in [-0.2, 0) is 14.6 Å². The van der Waals surface area contributed by atoms with Gasteiger partial charge in [0.1, 0.15) is 5.69 Å². The summed E-state index contributed by atoms with van der Waals surface area (Å²) in [7, 11) is -0.602. The summed E-state index contributed by atoms with van der Waals surface area (Å²) in [5, 5.41) is 2.71. The van der Waals surface area contributed by atoms with Crippen LogP contribution in [0.25, 0.3) is 0 Å². The molecule has 22 heavy (non-hydrogen) atoms. The molecule has 0 aliphatic heterocycles. The van der Waals surface area contributed by atoms with E-state index >= 15 is 0 Å². The molecule has 1 amide bonds. The van der Waals surface area contributed by atoms with Gasteiger partial charge in [-0.25, -0.2) is 0 Å². The number of aromatic nitrogens is 1. The summed E-state index contributed by atoms with van der Waals surface area (Å²) in [4.78, 5) is 15.4. The van der Waals surface area contributed by atoms with E-state index in [-0.39, 0.29) is 10.8 Å². The van der Waals surface area contributed by atoms with Crippen molar-refractivity contribution in [3.05, 3.63) is 47.3 Å². The highest BCUT2D eigenvalue weighted by Gasteiger charge is 2.24. The highest BCUT2D eigenvalue weighted by molar-refractivity contribution is 7.95. The van der Waals surface area contributed by atoms with Gasteiger partial charge >= 0.3 is 0 Å². The first-order valence-corrected chi connectivity index (χ1v) is 8.16. The van der Waals surface area contributed by atoms with E-state index < -0.39 is 10.4 Å². The zero-order chi connectivity index (χ0) is 16.5. The fourth-order valence-corrected chi connectivity index (χ4v) is 3.05. The molecule has 0 aliphatic rings. The van der Waals surface area contributed by atoms with Gasteiger partial charge in [-0.1, -0.05) is 10.3 Å². The number of anilines is 1. The average molecular weight is 321 g/mol. The van der Waals surface area contributed by atoms with Crippen LogP contribution in [0, 0.1) is 13.8 Å². The first kappa shape index (κ1) is 16.4. The van der Waals surface area contributed by atoms with Gasteiger partial charge in [0.25, 0.3) is 5.91 Å². The lowest BCUT2D eigenvalue weighted by Crippen LogP contribution is -2.29. The number of hydrogen-bond donors (Lipinski definition) is 2. The minimum atomic E-state index is -3.53. The summed E-state index contributed by atoms with van der Waals surface area (Å²) >= 11 is 0. The zero-order valence-corrected chi connectivity index (χ0v) is 13.8. The quantitative estimate of drug-likeness (QED) is 0.847. The number of sulfonamides is 1. The number of nitrogens with one attached hydrogen (secondary N) is 2. The van der Waals surface area contributed by atoms with Crippen LogP contribution in [0.3, 0.4) is 0 Å². The molecule has 118 valence electrons. The van der Waals surface area contributed by atoms with Gasteiger partial charge in [-0.3, -0.25) is 4.79 Å². The summed E-state index contributed by atoms with van der Waals surface area (Å²) < 4.78 is 25.3. The summed E-state index contributed by atoms with van der Waals surface area (Å²) in [6, 6.07) is 8.06. The van der Waals surface area contributed by atoms with Crippen molar-refractivity contribution in [2.24, 2.45) is 0 Å². The largest absolute Gasteiger partial charge is 0.593 e. The predicted molar refractivity (Wildman–Crippen MR) is 85.4 cm³/mol. The first-order chi connectivity index (χ1) is 10.2. The number of benzene rings is 1. The van der Waals surface area contributed by atoms with Gasteiger partial charge in [0.05, 0.1) is 0 Å². The maximum Gasteiger partial charge on any atom is 0.272 e. The Bertz CT molecular complexity index is 752. The van der Waals surface area contributed by atoms with Crippen LogP contribution >= 0.6 is 0 Å². The molecule has 1 aromatic heterocycles. The smallest absolute Gasteiger partial charge is 0.272 e. The predicted octanol–water partition coefficient (Wildman–Crippen LogP) is 2.35. The minimum Gasteiger partial charge on any atom is -0.593 e. The Labute approximate surface area is 130 Å². The Kier molecular flexibility index (Phi) is 4.50. The standard InChI is InChI=1S/C15H19N3O3S/c1-10-8-11(2)16-14(10)15(19)17-12-6-5-7-13(9-12)22(20,21)18(3)4/h5-9H,1-4H3,(H2-,16,17,19,20,21). The van der Waals surface area contributed by atoms with Gasteiger partial charge in [0.15, 0.2) is 15.3 Å². The van der Waals surface area contributed by atoms with Crippen molar-refractivity contribution >= 4 is 22.0 Å². The summed E-state index contributed by atoms with van der Waals surface area (Å²) in [5.41, 5.74) is 2.64. The van der Waals surface area contributed by atoms with Gasteiger partial charge in [-0.15, -0.1) is 4.31 Å². The van der Waals surface area contributed by atoms with Gasteiger partial charge in [-0.05, 0) is 37.6 Å². The van der Waals surface area contributed by atoms with Crippen molar-refractivity contribution in [1.29, 1.82) is 0 Å². The van der Waals surface area contributed by atoms with Gasteiger partial charge in [0.2, 0.25) is 0 Å². The first-order valence-electron chi connectivity index (χ1n) is 6.72. The van der Waals surface area contributed by atoms with Crippen LogP contribution < -0.4 is 5.32 Å². The SMILES string of the molecule is Cc1cc(C)c(C(=O)Nc2cccc([S+](=O)([O-])N(C)C)c2)[nH]1.